The lowest BCUT2D eigenvalue weighted by Crippen LogP contribution is -2.34. The van der Waals surface area contributed by atoms with Crippen LogP contribution < -0.4 is 10.2 Å². The van der Waals surface area contributed by atoms with E-state index < -0.39 is 11.4 Å². The summed E-state index contributed by atoms with van der Waals surface area (Å²) in [6.07, 6.45) is 2.91. The summed E-state index contributed by atoms with van der Waals surface area (Å²) < 4.78 is 12.9. The summed E-state index contributed by atoms with van der Waals surface area (Å²) in [5, 5.41) is 9.98. The number of rotatable bonds is 6. The molecule has 2 heterocycles. The van der Waals surface area contributed by atoms with E-state index in [1.165, 1.54) is 6.20 Å². The number of benzene rings is 1. The van der Waals surface area contributed by atoms with Crippen LogP contribution in [0.1, 0.15) is 54.7 Å². The van der Waals surface area contributed by atoms with Gasteiger partial charge in [-0.1, -0.05) is 32.4 Å². The minimum absolute atomic E-state index is 0.0279. The van der Waals surface area contributed by atoms with Crippen LogP contribution >= 0.6 is 11.6 Å². The lowest BCUT2D eigenvalue weighted by atomic mass is 9.78. The van der Waals surface area contributed by atoms with Crippen LogP contribution in [0.4, 0.5) is 0 Å². The van der Waals surface area contributed by atoms with Crippen molar-refractivity contribution in [2.75, 3.05) is 20.3 Å². The van der Waals surface area contributed by atoms with Gasteiger partial charge in [-0.3, -0.25) is 4.79 Å². The Morgan fingerprint density at radius 3 is 2.60 bits per heavy atom. The Morgan fingerprint density at radius 2 is 2.00 bits per heavy atom. The van der Waals surface area contributed by atoms with Crippen molar-refractivity contribution in [2.24, 2.45) is 5.41 Å². The van der Waals surface area contributed by atoms with Crippen molar-refractivity contribution in [1.82, 2.24) is 4.57 Å². The fourth-order valence-corrected chi connectivity index (χ4v) is 4.23. The molecule has 2 aromatic rings. The van der Waals surface area contributed by atoms with Gasteiger partial charge in [0.15, 0.2) is 5.43 Å². The number of hydrogen-bond acceptors (Lipinski definition) is 4. The number of carboxylic acid groups (broad SMARTS) is 1. The predicted molar refractivity (Wildman–Crippen MR) is 117 cm³/mol. The SMILES string of the molecule is COCCCOc1cc2c(cc1Cl)-c1c(C)c(=O)c(C(=O)O)cn1C(C(C)(C)C)C2. The second kappa shape index (κ2) is 8.44. The van der Waals surface area contributed by atoms with E-state index in [2.05, 4.69) is 20.8 Å². The number of halogens is 1. The lowest BCUT2D eigenvalue weighted by molar-refractivity contribution is 0.0693. The molecule has 0 saturated heterocycles. The molecule has 0 saturated carbocycles. The summed E-state index contributed by atoms with van der Waals surface area (Å²) in [5.74, 6) is -0.607. The van der Waals surface area contributed by atoms with E-state index >= 15 is 0 Å². The van der Waals surface area contributed by atoms with Crippen molar-refractivity contribution in [1.29, 1.82) is 0 Å². The highest BCUT2D eigenvalue weighted by molar-refractivity contribution is 6.32. The maximum absolute atomic E-state index is 12.7. The van der Waals surface area contributed by atoms with Gasteiger partial charge in [-0.2, -0.15) is 0 Å². The summed E-state index contributed by atoms with van der Waals surface area (Å²) in [6, 6.07) is 3.74. The second-order valence-corrected chi connectivity index (χ2v) is 9.19. The van der Waals surface area contributed by atoms with Gasteiger partial charge in [0.1, 0.15) is 11.3 Å². The van der Waals surface area contributed by atoms with Crippen LogP contribution in [-0.4, -0.2) is 36.0 Å². The van der Waals surface area contributed by atoms with E-state index in [-0.39, 0.29) is 17.0 Å². The fourth-order valence-electron chi connectivity index (χ4n) is 4.02. The number of nitrogens with zero attached hydrogens (tertiary/aromatic N) is 1. The molecule has 3 rings (SSSR count). The minimum atomic E-state index is -1.21. The quantitative estimate of drug-likeness (QED) is 0.666. The summed E-state index contributed by atoms with van der Waals surface area (Å²) in [4.78, 5) is 24.4. The van der Waals surface area contributed by atoms with Crippen molar-refractivity contribution in [3.63, 3.8) is 0 Å². The molecule has 30 heavy (non-hydrogen) atoms. The Morgan fingerprint density at radius 1 is 1.30 bits per heavy atom. The first-order valence-corrected chi connectivity index (χ1v) is 10.4. The smallest absolute Gasteiger partial charge is 0.341 e. The average molecular weight is 434 g/mol. The molecule has 1 atom stereocenters. The first-order valence-electron chi connectivity index (χ1n) is 9.99. The number of hydrogen-bond donors (Lipinski definition) is 1. The minimum Gasteiger partial charge on any atom is -0.492 e. The highest BCUT2D eigenvalue weighted by Crippen LogP contribution is 2.45. The highest BCUT2D eigenvalue weighted by atomic mass is 35.5. The number of methoxy groups -OCH3 is 1. The summed E-state index contributed by atoms with van der Waals surface area (Å²) in [5.41, 5.74) is 2.17. The van der Waals surface area contributed by atoms with Gasteiger partial charge in [0.05, 0.1) is 17.3 Å². The highest BCUT2D eigenvalue weighted by Gasteiger charge is 2.35. The topological polar surface area (TPSA) is 77.8 Å². The van der Waals surface area contributed by atoms with Crippen LogP contribution in [0.5, 0.6) is 5.75 Å². The average Bonchev–Trinajstić information content (AvgIpc) is 2.66. The van der Waals surface area contributed by atoms with Gasteiger partial charge < -0.3 is 19.1 Å². The van der Waals surface area contributed by atoms with Gasteiger partial charge in [-0.15, -0.1) is 0 Å². The molecule has 1 aromatic heterocycles. The van der Waals surface area contributed by atoms with Gasteiger partial charge in [0.2, 0.25) is 0 Å². The molecule has 1 N–H and O–H groups in total. The van der Waals surface area contributed by atoms with Crippen LogP contribution in [-0.2, 0) is 11.2 Å². The van der Waals surface area contributed by atoms with Gasteiger partial charge in [0, 0.05) is 43.5 Å². The Hall–Kier alpha value is -2.31. The fraction of sp³-hybridized carbons (Fsp3) is 0.478. The molecule has 0 bridgehead atoms. The third-order valence-electron chi connectivity index (χ3n) is 5.61. The number of ether oxygens (including phenoxy) is 2. The maximum atomic E-state index is 12.7. The lowest BCUT2D eigenvalue weighted by Gasteiger charge is -2.39. The predicted octanol–water partition coefficient (Wildman–Crippen LogP) is 4.73. The van der Waals surface area contributed by atoms with Gasteiger partial charge in [-0.25, -0.2) is 4.79 Å². The van der Waals surface area contributed by atoms with E-state index in [0.29, 0.717) is 36.0 Å². The first kappa shape index (κ1) is 22.4. The van der Waals surface area contributed by atoms with Crippen LogP contribution in [0.2, 0.25) is 5.02 Å². The normalized spacial score (nSPS) is 15.5. The number of carboxylic acids is 1. The van der Waals surface area contributed by atoms with E-state index in [0.717, 1.165) is 23.2 Å². The van der Waals surface area contributed by atoms with Gasteiger partial charge >= 0.3 is 5.97 Å². The first-order chi connectivity index (χ1) is 14.1. The summed E-state index contributed by atoms with van der Waals surface area (Å²) in [7, 11) is 1.65. The third-order valence-corrected chi connectivity index (χ3v) is 5.90. The van der Waals surface area contributed by atoms with Gasteiger partial charge in [-0.05, 0) is 36.5 Å². The zero-order valence-corrected chi connectivity index (χ0v) is 18.8. The van der Waals surface area contributed by atoms with Crippen molar-refractivity contribution < 1.29 is 19.4 Å². The molecule has 0 fully saturated rings. The molecule has 1 aliphatic heterocycles. The molecular weight excluding hydrogens is 406 g/mol. The molecule has 0 aliphatic carbocycles. The molecular formula is C23H28ClNO5. The van der Waals surface area contributed by atoms with Crippen molar-refractivity contribution >= 4 is 17.6 Å². The Bertz CT molecular complexity index is 1040. The Kier molecular flexibility index (Phi) is 6.29. The van der Waals surface area contributed by atoms with Crippen LogP contribution in [0.15, 0.2) is 23.1 Å². The second-order valence-electron chi connectivity index (χ2n) is 8.78. The van der Waals surface area contributed by atoms with Crippen LogP contribution in [0, 0.1) is 12.3 Å². The van der Waals surface area contributed by atoms with E-state index in [1.807, 2.05) is 16.7 Å². The van der Waals surface area contributed by atoms with Crippen LogP contribution in [0.25, 0.3) is 11.3 Å². The van der Waals surface area contributed by atoms with Gasteiger partial charge in [0.25, 0.3) is 0 Å². The zero-order valence-electron chi connectivity index (χ0n) is 18.0. The maximum Gasteiger partial charge on any atom is 0.341 e. The molecule has 0 spiro atoms. The van der Waals surface area contributed by atoms with E-state index in [1.54, 1.807) is 14.0 Å². The van der Waals surface area contributed by atoms with Crippen molar-refractivity contribution in [3.05, 3.63) is 50.3 Å². The van der Waals surface area contributed by atoms with E-state index in [4.69, 9.17) is 21.1 Å². The number of fused-ring (bicyclic) bond motifs is 3. The summed E-state index contributed by atoms with van der Waals surface area (Å²) in [6.45, 7) is 9.11. The molecule has 1 unspecified atom stereocenters. The third kappa shape index (κ3) is 4.12. The molecule has 162 valence electrons. The number of aromatic carboxylic acids is 1. The summed E-state index contributed by atoms with van der Waals surface area (Å²) >= 11 is 6.50. The molecule has 0 radical (unpaired) electrons. The number of aromatic nitrogens is 1. The molecule has 0 amide bonds. The zero-order chi connectivity index (χ0) is 22.2. The molecule has 1 aromatic carbocycles. The van der Waals surface area contributed by atoms with Crippen molar-refractivity contribution in [2.45, 2.75) is 46.6 Å². The van der Waals surface area contributed by atoms with Crippen LogP contribution in [0.3, 0.4) is 0 Å². The molecule has 7 heteroatoms. The Labute approximate surface area is 181 Å². The molecule has 1 aliphatic rings. The Balaban J connectivity index is 2.18. The van der Waals surface area contributed by atoms with E-state index in [9.17, 15) is 14.7 Å². The molecule has 6 nitrogen and oxygen atoms in total. The largest absolute Gasteiger partial charge is 0.492 e. The number of pyridine rings is 1. The monoisotopic (exact) mass is 433 g/mol. The van der Waals surface area contributed by atoms with Crippen molar-refractivity contribution in [3.8, 4) is 17.0 Å². The number of carbonyl (C=O) groups is 1. The standard InChI is InChI=1S/C23H28ClNO5/c1-13-20-15-11-17(24)18(30-8-6-7-29-5)9-14(15)10-19(23(2,3)4)25(20)12-16(21(13)26)22(27)28/h9,11-12,19H,6-8,10H2,1-5H3,(H,27,28).